The minimum absolute atomic E-state index is 0.662. The van der Waals surface area contributed by atoms with E-state index >= 15 is 0 Å². The summed E-state index contributed by atoms with van der Waals surface area (Å²) in [6.45, 7) is 0. The predicted octanol–water partition coefficient (Wildman–Crippen LogP) is 0.445. The molecule has 6 heavy (non-hydrogen) atoms. The van der Waals surface area contributed by atoms with Gasteiger partial charge in [0.05, 0.1) is 0 Å². The number of nitrogens with zero attached hydrogens (tertiary/aromatic N) is 1. The molecule has 1 aromatic heterocycles. The molecule has 1 N–H and O–H groups in total. The fourth-order valence-corrected chi connectivity index (χ4v) is 0.398. The van der Waals surface area contributed by atoms with E-state index in [9.17, 15) is 0 Å². The first-order chi connectivity index (χ1) is 2.89. The van der Waals surface area contributed by atoms with Crippen molar-refractivity contribution in [3.05, 3.63) is 12.4 Å². The predicted molar refractivity (Wildman–Crippen MR) is 25.1 cm³/mol. The minimum Gasteiger partial charge on any atom is -0.344 e. The third kappa shape index (κ3) is 0.575. The largest absolute Gasteiger partial charge is 0.344 e. The number of aromatic amines is 1. The lowest BCUT2D eigenvalue weighted by Crippen LogP contribution is -1.90. The van der Waals surface area contributed by atoms with Gasteiger partial charge in [-0.25, -0.2) is 4.98 Å². The molecule has 0 unspecified atom stereocenters. The zero-order valence-electron chi connectivity index (χ0n) is 3.05. The van der Waals surface area contributed by atoms with Gasteiger partial charge in [0.1, 0.15) is 5.57 Å². The van der Waals surface area contributed by atoms with Crippen molar-refractivity contribution in [2.75, 3.05) is 0 Å². The summed E-state index contributed by atoms with van der Waals surface area (Å²) in [5.74, 6) is 0. The number of nitrogens with one attached hydrogen (secondary N) is 1. The van der Waals surface area contributed by atoms with E-state index in [2.05, 4.69) is 19.2 Å². The molecule has 0 bridgehead atoms. The van der Waals surface area contributed by atoms with Gasteiger partial charge in [0.2, 0.25) is 0 Å². The van der Waals surface area contributed by atoms with E-state index < -0.39 is 0 Å². The summed E-state index contributed by atoms with van der Waals surface area (Å²) in [4.78, 5) is 6.48. The van der Waals surface area contributed by atoms with Crippen LogP contribution in [0, 0.1) is 0 Å². The molecule has 0 saturated carbocycles. The Bertz CT molecular complexity index is 112. The summed E-state index contributed by atoms with van der Waals surface area (Å²) in [6.07, 6.45) is 3.38. The Morgan fingerprint density at radius 1 is 1.83 bits per heavy atom. The lowest BCUT2D eigenvalue weighted by atomic mass is 11.0. The minimum atomic E-state index is 0.662. The van der Waals surface area contributed by atoms with E-state index in [0.29, 0.717) is 5.57 Å². The van der Waals surface area contributed by atoms with Gasteiger partial charge in [-0.2, -0.15) is 0 Å². The molecule has 1 rings (SSSR count). The first-order valence-corrected chi connectivity index (χ1v) is 2.02. The molecule has 0 aliphatic rings. The highest BCUT2D eigenvalue weighted by atomic mass is 31.0. The van der Waals surface area contributed by atoms with Crippen LogP contribution in [0.5, 0.6) is 0 Å². The second-order valence-corrected chi connectivity index (χ2v) is 1.34. The van der Waals surface area contributed by atoms with E-state index in [0.717, 1.165) is 0 Å². The third-order valence-corrected chi connectivity index (χ3v) is 0.728. The van der Waals surface area contributed by atoms with Crippen LogP contribution in [-0.2, 0) is 0 Å². The lowest BCUT2D eigenvalue weighted by Gasteiger charge is -1.66. The van der Waals surface area contributed by atoms with Crippen molar-refractivity contribution in [3.63, 3.8) is 0 Å². The van der Waals surface area contributed by atoms with Crippen molar-refractivity contribution in [3.8, 4) is 0 Å². The van der Waals surface area contributed by atoms with Crippen molar-refractivity contribution in [2.45, 2.75) is 0 Å². The maximum absolute atomic E-state index is 3.87. The van der Waals surface area contributed by atoms with Gasteiger partial charge in [0, 0.05) is 21.6 Å². The molecule has 0 aliphatic heterocycles. The van der Waals surface area contributed by atoms with Crippen molar-refractivity contribution in [1.29, 1.82) is 0 Å². The van der Waals surface area contributed by atoms with E-state index in [4.69, 9.17) is 0 Å². The number of hydrogen-bond acceptors (Lipinski definition) is 1. The van der Waals surface area contributed by atoms with E-state index in [1.807, 2.05) is 0 Å². The van der Waals surface area contributed by atoms with Crippen molar-refractivity contribution < 1.29 is 0 Å². The monoisotopic (exact) mass is 98.0 g/mol. The summed E-state index contributed by atoms with van der Waals surface area (Å²) in [6, 6.07) is 0. The molecule has 3 heteroatoms. The van der Waals surface area contributed by atoms with Crippen LogP contribution in [0.25, 0.3) is 0 Å². The quantitative estimate of drug-likeness (QED) is 0.469. The zero-order valence-corrected chi connectivity index (χ0v) is 3.94. The molecule has 0 aromatic carbocycles. The molecule has 0 saturated heterocycles. The fraction of sp³-hybridized carbons (Fsp3) is 0. The van der Waals surface area contributed by atoms with Gasteiger partial charge in [-0.15, -0.1) is 0 Å². The highest BCUT2D eigenvalue weighted by molar-refractivity contribution is 7.26. The molecule has 2 radical (unpaired) electrons. The van der Waals surface area contributed by atoms with Crippen LogP contribution in [0.2, 0.25) is 0 Å². The van der Waals surface area contributed by atoms with Gasteiger partial charge in [-0.3, -0.25) is 0 Å². The van der Waals surface area contributed by atoms with Gasteiger partial charge in [0.25, 0.3) is 0 Å². The molecule has 1 aromatic rings. The third-order valence-electron chi connectivity index (χ3n) is 0.484. The van der Waals surface area contributed by atoms with Crippen LogP contribution >= 0.6 is 9.24 Å². The number of H-pyrrole nitrogens is 1. The Hall–Kier alpha value is -0.360. The molecule has 30 valence electrons. The zero-order chi connectivity index (χ0) is 4.41. The highest BCUT2D eigenvalue weighted by Crippen LogP contribution is 1.74. The Kier molecular flexibility index (Phi) is 0.887. The smallest absolute Gasteiger partial charge is 0.139 e. The molecular weight excluding hydrogens is 95.0 g/mol. The van der Waals surface area contributed by atoms with Gasteiger partial charge in [0.15, 0.2) is 0 Å². The lowest BCUT2D eigenvalue weighted by molar-refractivity contribution is 1.42. The summed E-state index contributed by atoms with van der Waals surface area (Å²) >= 11 is 0. The molecule has 0 atom stereocenters. The van der Waals surface area contributed by atoms with Crippen LogP contribution < -0.4 is 5.57 Å². The Balaban J connectivity index is 3.05. The Labute approximate surface area is 38.2 Å². The van der Waals surface area contributed by atoms with E-state index in [1.54, 1.807) is 12.4 Å². The first kappa shape index (κ1) is 3.82. The normalized spacial score (nSPS) is 8.83. The standard InChI is InChI=1S/C3H3N2P/c6-3-4-1-2-5-3/h1-2H,(H,4,5). The summed E-state index contributed by atoms with van der Waals surface area (Å²) in [5, 5.41) is 0. The Morgan fingerprint density at radius 3 is 2.83 bits per heavy atom. The van der Waals surface area contributed by atoms with Crippen molar-refractivity contribution >= 4 is 14.8 Å². The van der Waals surface area contributed by atoms with Crippen molar-refractivity contribution in [1.82, 2.24) is 9.97 Å². The van der Waals surface area contributed by atoms with Gasteiger partial charge < -0.3 is 4.98 Å². The van der Waals surface area contributed by atoms with Gasteiger partial charge in [-0.05, 0) is 0 Å². The van der Waals surface area contributed by atoms with Crippen LogP contribution in [0.3, 0.4) is 0 Å². The number of aromatic nitrogens is 2. The van der Waals surface area contributed by atoms with E-state index in [1.165, 1.54) is 0 Å². The van der Waals surface area contributed by atoms with Crippen molar-refractivity contribution in [2.24, 2.45) is 0 Å². The number of imidazole rings is 1. The average molecular weight is 98.0 g/mol. The Morgan fingerprint density at radius 2 is 2.67 bits per heavy atom. The maximum atomic E-state index is 3.87. The van der Waals surface area contributed by atoms with Gasteiger partial charge in [-0.1, -0.05) is 0 Å². The molecular formula is C3H3N2P. The maximum Gasteiger partial charge on any atom is 0.139 e. The molecule has 1 heterocycles. The van der Waals surface area contributed by atoms with Gasteiger partial charge >= 0.3 is 0 Å². The topological polar surface area (TPSA) is 28.7 Å². The van der Waals surface area contributed by atoms with E-state index in [-0.39, 0.29) is 0 Å². The first-order valence-electron chi connectivity index (χ1n) is 1.58. The summed E-state index contributed by atoms with van der Waals surface area (Å²) < 4.78 is 0. The van der Waals surface area contributed by atoms with Crippen LogP contribution in [-0.4, -0.2) is 9.97 Å². The molecule has 2 nitrogen and oxygen atoms in total. The molecule has 0 amide bonds. The van der Waals surface area contributed by atoms with Crippen LogP contribution in [0.4, 0.5) is 0 Å². The summed E-state index contributed by atoms with van der Waals surface area (Å²) in [5.41, 5.74) is 0.662. The SMILES string of the molecule is [P]c1ncc[nH]1. The molecule has 0 fully saturated rings. The number of rotatable bonds is 0. The van der Waals surface area contributed by atoms with Crippen LogP contribution in [0.15, 0.2) is 12.4 Å². The average Bonchev–Trinajstić information content (AvgIpc) is 1.86. The second kappa shape index (κ2) is 1.39. The molecule has 0 aliphatic carbocycles. The van der Waals surface area contributed by atoms with Crippen LogP contribution in [0.1, 0.15) is 0 Å². The summed E-state index contributed by atoms with van der Waals surface area (Å²) in [7, 11) is 3.87. The number of hydrogen-bond donors (Lipinski definition) is 1. The fourth-order valence-electron chi connectivity index (χ4n) is 0.257. The highest BCUT2D eigenvalue weighted by Gasteiger charge is 1.75. The molecule has 0 spiro atoms. The second-order valence-electron chi connectivity index (χ2n) is 0.913.